The minimum absolute atomic E-state index is 0.127. The summed E-state index contributed by atoms with van der Waals surface area (Å²) in [6.07, 6.45) is 1.67. The van der Waals surface area contributed by atoms with Gasteiger partial charge in [0.25, 0.3) is 0 Å². The lowest BCUT2D eigenvalue weighted by Gasteiger charge is -2.34. The Morgan fingerprint density at radius 2 is 1.76 bits per heavy atom. The second-order valence-corrected chi connectivity index (χ2v) is 6.03. The van der Waals surface area contributed by atoms with Gasteiger partial charge in [-0.15, -0.1) is 0 Å². The molecule has 25 heavy (non-hydrogen) atoms. The maximum atomic E-state index is 12.4. The summed E-state index contributed by atoms with van der Waals surface area (Å²) in [5.41, 5.74) is 1.32. The summed E-state index contributed by atoms with van der Waals surface area (Å²) < 4.78 is 5.36. The average molecular weight is 342 g/mol. The number of hydrogen-bond acceptors (Lipinski definition) is 4. The number of rotatable bonds is 4. The van der Waals surface area contributed by atoms with Crippen molar-refractivity contribution in [1.82, 2.24) is 9.80 Å². The number of hydrogen-bond donors (Lipinski definition) is 2. The highest BCUT2D eigenvalue weighted by atomic mass is 16.3. The lowest BCUT2D eigenvalue weighted by molar-refractivity contribution is -0.114. The van der Waals surface area contributed by atoms with Crippen molar-refractivity contribution in [1.29, 1.82) is 0 Å². The molecule has 2 N–H and O–H groups in total. The first-order chi connectivity index (χ1) is 12.1. The van der Waals surface area contributed by atoms with Gasteiger partial charge in [0.15, 0.2) is 0 Å². The lowest BCUT2D eigenvalue weighted by atomic mass is 10.2. The number of carbonyl (C=O) groups is 2. The smallest absolute Gasteiger partial charge is 0.321 e. The third kappa shape index (κ3) is 4.84. The van der Waals surface area contributed by atoms with Gasteiger partial charge >= 0.3 is 6.03 Å². The number of nitrogens with zero attached hydrogens (tertiary/aromatic N) is 2. The molecule has 0 unspecified atom stereocenters. The van der Waals surface area contributed by atoms with Gasteiger partial charge in [-0.2, -0.15) is 0 Å². The molecule has 1 fully saturated rings. The molecule has 0 aliphatic carbocycles. The van der Waals surface area contributed by atoms with Crippen LogP contribution in [0.2, 0.25) is 0 Å². The van der Waals surface area contributed by atoms with Crippen molar-refractivity contribution in [2.75, 3.05) is 36.8 Å². The van der Waals surface area contributed by atoms with E-state index in [1.807, 2.05) is 12.1 Å². The molecule has 1 aromatic carbocycles. The van der Waals surface area contributed by atoms with Crippen LogP contribution in [0.5, 0.6) is 0 Å². The van der Waals surface area contributed by atoms with Crippen LogP contribution in [0.25, 0.3) is 0 Å². The lowest BCUT2D eigenvalue weighted by Crippen LogP contribution is -2.49. The van der Waals surface area contributed by atoms with Gasteiger partial charge in [-0.25, -0.2) is 4.79 Å². The van der Waals surface area contributed by atoms with Crippen LogP contribution >= 0.6 is 0 Å². The van der Waals surface area contributed by atoms with Crippen molar-refractivity contribution in [2.45, 2.75) is 13.5 Å². The van der Waals surface area contributed by atoms with Crippen LogP contribution in [0.15, 0.2) is 47.1 Å². The second kappa shape index (κ2) is 7.85. The van der Waals surface area contributed by atoms with E-state index in [4.69, 9.17) is 4.42 Å². The summed E-state index contributed by atoms with van der Waals surface area (Å²) in [4.78, 5) is 27.6. The first-order valence-corrected chi connectivity index (χ1v) is 8.28. The van der Waals surface area contributed by atoms with Gasteiger partial charge in [-0.3, -0.25) is 9.69 Å². The Hall–Kier alpha value is -2.80. The van der Waals surface area contributed by atoms with Crippen molar-refractivity contribution < 1.29 is 14.0 Å². The fraction of sp³-hybridized carbons (Fsp3) is 0.333. The molecule has 1 aromatic heterocycles. The SMILES string of the molecule is CC(=O)Nc1cccc(NC(=O)N2CCN(Cc3ccco3)CC2)c1. The maximum Gasteiger partial charge on any atom is 0.321 e. The molecular formula is C18H22N4O3. The van der Waals surface area contributed by atoms with E-state index in [1.165, 1.54) is 6.92 Å². The van der Waals surface area contributed by atoms with Crippen molar-refractivity contribution in [3.63, 3.8) is 0 Å². The molecule has 2 aromatic rings. The van der Waals surface area contributed by atoms with E-state index in [9.17, 15) is 9.59 Å². The molecule has 1 aliphatic heterocycles. The highest BCUT2D eigenvalue weighted by molar-refractivity contribution is 5.92. The zero-order valence-corrected chi connectivity index (χ0v) is 14.2. The van der Waals surface area contributed by atoms with Crippen LogP contribution in [0.1, 0.15) is 12.7 Å². The van der Waals surface area contributed by atoms with Crippen LogP contribution in [-0.2, 0) is 11.3 Å². The van der Waals surface area contributed by atoms with Gasteiger partial charge in [0.05, 0.1) is 12.8 Å². The number of carbonyl (C=O) groups excluding carboxylic acids is 2. The van der Waals surface area contributed by atoms with Crippen LogP contribution in [0.3, 0.4) is 0 Å². The standard InChI is InChI=1S/C18H22N4O3/c1-14(23)19-15-4-2-5-16(12-15)20-18(24)22-9-7-21(8-10-22)13-17-6-3-11-25-17/h2-6,11-12H,7-10,13H2,1H3,(H,19,23)(H,20,24). The zero-order chi connectivity index (χ0) is 17.6. The quantitative estimate of drug-likeness (QED) is 0.895. The Labute approximate surface area is 146 Å². The van der Waals surface area contributed by atoms with Crippen LogP contribution in [0.4, 0.5) is 16.2 Å². The van der Waals surface area contributed by atoms with Gasteiger partial charge in [0.1, 0.15) is 5.76 Å². The van der Waals surface area contributed by atoms with E-state index in [0.29, 0.717) is 24.5 Å². The minimum Gasteiger partial charge on any atom is -0.468 e. The molecule has 3 rings (SSSR count). The first-order valence-electron chi connectivity index (χ1n) is 8.28. The monoisotopic (exact) mass is 342 g/mol. The van der Waals surface area contributed by atoms with Gasteiger partial charge in [0.2, 0.25) is 5.91 Å². The summed E-state index contributed by atoms with van der Waals surface area (Å²) in [6.45, 7) is 5.16. The van der Waals surface area contributed by atoms with E-state index in [1.54, 1.807) is 35.4 Å². The predicted octanol–water partition coefficient (Wildman–Crippen LogP) is 2.59. The summed E-state index contributed by atoms with van der Waals surface area (Å²) in [7, 11) is 0. The maximum absolute atomic E-state index is 12.4. The van der Waals surface area contributed by atoms with E-state index in [0.717, 1.165) is 25.4 Å². The third-order valence-electron chi connectivity index (χ3n) is 4.05. The largest absolute Gasteiger partial charge is 0.468 e. The molecule has 0 atom stereocenters. The van der Waals surface area contributed by atoms with Crippen LogP contribution in [0, 0.1) is 0 Å². The summed E-state index contributed by atoms with van der Waals surface area (Å²) in [6, 6.07) is 10.8. The Morgan fingerprint density at radius 1 is 1.04 bits per heavy atom. The summed E-state index contributed by atoms with van der Waals surface area (Å²) in [5.74, 6) is 0.795. The van der Waals surface area contributed by atoms with Gasteiger partial charge < -0.3 is 20.0 Å². The molecule has 132 valence electrons. The van der Waals surface area contributed by atoms with E-state index in [2.05, 4.69) is 15.5 Å². The number of amides is 3. The van der Waals surface area contributed by atoms with Gasteiger partial charge in [0, 0.05) is 44.5 Å². The van der Waals surface area contributed by atoms with E-state index >= 15 is 0 Å². The van der Waals surface area contributed by atoms with Crippen molar-refractivity contribution in [3.05, 3.63) is 48.4 Å². The van der Waals surface area contributed by atoms with Crippen molar-refractivity contribution in [2.24, 2.45) is 0 Å². The molecule has 0 saturated carbocycles. The molecule has 1 aliphatic rings. The molecule has 0 bridgehead atoms. The van der Waals surface area contributed by atoms with Crippen LogP contribution in [-0.4, -0.2) is 47.9 Å². The number of anilines is 2. The Balaban J connectivity index is 1.50. The molecule has 1 saturated heterocycles. The number of nitrogens with one attached hydrogen (secondary N) is 2. The predicted molar refractivity (Wildman–Crippen MR) is 95.3 cm³/mol. The molecule has 3 amide bonds. The van der Waals surface area contributed by atoms with Crippen molar-refractivity contribution in [3.8, 4) is 0 Å². The first kappa shape index (κ1) is 17.0. The number of benzene rings is 1. The number of piperazine rings is 1. The zero-order valence-electron chi connectivity index (χ0n) is 14.2. The van der Waals surface area contributed by atoms with E-state index < -0.39 is 0 Å². The minimum atomic E-state index is -0.142. The number of furan rings is 1. The molecule has 7 heteroatoms. The molecular weight excluding hydrogens is 320 g/mol. The highest BCUT2D eigenvalue weighted by Crippen LogP contribution is 2.16. The topological polar surface area (TPSA) is 77.8 Å². The average Bonchev–Trinajstić information content (AvgIpc) is 3.08. The molecule has 2 heterocycles. The third-order valence-corrected chi connectivity index (χ3v) is 4.05. The summed E-state index contributed by atoms with van der Waals surface area (Å²) in [5, 5.41) is 5.59. The van der Waals surface area contributed by atoms with E-state index in [-0.39, 0.29) is 11.9 Å². The second-order valence-electron chi connectivity index (χ2n) is 6.03. The normalized spacial score (nSPS) is 15.0. The fourth-order valence-electron chi connectivity index (χ4n) is 2.81. The Morgan fingerprint density at radius 3 is 2.40 bits per heavy atom. The Kier molecular flexibility index (Phi) is 5.35. The highest BCUT2D eigenvalue weighted by Gasteiger charge is 2.21. The summed E-state index contributed by atoms with van der Waals surface area (Å²) >= 11 is 0. The van der Waals surface area contributed by atoms with Gasteiger partial charge in [-0.1, -0.05) is 6.07 Å². The van der Waals surface area contributed by atoms with Crippen molar-refractivity contribution >= 4 is 23.3 Å². The molecule has 7 nitrogen and oxygen atoms in total. The fourth-order valence-corrected chi connectivity index (χ4v) is 2.81. The Bertz CT molecular complexity index is 722. The molecule has 0 radical (unpaired) electrons. The molecule has 0 spiro atoms. The van der Waals surface area contributed by atoms with Crippen LogP contribution < -0.4 is 10.6 Å². The van der Waals surface area contributed by atoms with Gasteiger partial charge in [-0.05, 0) is 30.3 Å². The number of urea groups is 1.